The summed E-state index contributed by atoms with van der Waals surface area (Å²) in [5, 5.41) is 0.797. The maximum absolute atomic E-state index is 5.91. The quantitative estimate of drug-likeness (QED) is 0.851. The van der Waals surface area contributed by atoms with Gasteiger partial charge < -0.3 is 15.2 Å². The topological polar surface area (TPSA) is 44.5 Å². The molecule has 0 aromatic heterocycles. The predicted molar refractivity (Wildman–Crippen MR) is 73.9 cm³/mol. The van der Waals surface area contributed by atoms with Crippen molar-refractivity contribution in [3.05, 3.63) is 46.4 Å². The molecule has 0 radical (unpaired) electrons. The third-order valence-corrected chi connectivity index (χ3v) is 3.06. The fourth-order valence-electron chi connectivity index (χ4n) is 1.40. The smallest absolute Gasteiger partial charge is 0.151 e. The fraction of sp³-hybridized carbons (Fsp3) is 0.0769. The van der Waals surface area contributed by atoms with Gasteiger partial charge in [-0.3, -0.25) is 0 Å². The van der Waals surface area contributed by atoms with Crippen molar-refractivity contribution in [3.8, 4) is 17.2 Å². The molecule has 3 nitrogen and oxygen atoms in total. The molecule has 18 heavy (non-hydrogen) atoms. The summed E-state index contributed by atoms with van der Waals surface area (Å²) >= 11 is 11.8. The summed E-state index contributed by atoms with van der Waals surface area (Å²) in [6.45, 7) is 0. The van der Waals surface area contributed by atoms with Gasteiger partial charge in [0.15, 0.2) is 5.75 Å². The van der Waals surface area contributed by atoms with Crippen molar-refractivity contribution in [1.82, 2.24) is 0 Å². The summed E-state index contributed by atoms with van der Waals surface area (Å²) in [4.78, 5) is 0. The zero-order valence-electron chi connectivity index (χ0n) is 9.61. The van der Waals surface area contributed by atoms with E-state index in [1.165, 1.54) is 0 Å². The molecule has 2 aromatic rings. The minimum absolute atomic E-state index is 0.398. The number of anilines is 1. The van der Waals surface area contributed by atoms with E-state index in [0.717, 1.165) is 5.75 Å². The Morgan fingerprint density at radius 2 is 1.50 bits per heavy atom. The van der Waals surface area contributed by atoms with Crippen LogP contribution in [0.1, 0.15) is 0 Å². The van der Waals surface area contributed by atoms with Crippen LogP contribution in [-0.4, -0.2) is 7.11 Å². The second kappa shape index (κ2) is 5.38. The van der Waals surface area contributed by atoms with E-state index in [0.29, 0.717) is 27.2 Å². The molecule has 0 spiro atoms. The molecule has 94 valence electrons. The lowest BCUT2D eigenvalue weighted by Crippen LogP contribution is -1.92. The van der Waals surface area contributed by atoms with E-state index in [4.69, 9.17) is 38.4 Å². The molecular weight excluding hydrogens is 273 g/mol. The van der Waals surface area contributed by atoms with Crippen LogP contribution >= 0.6 is 23.2 Å². The Hall–Kier alpha value is -1.58. The summed E-state index contributed by atoms with van der Waals surface area (Å²) in [7, 11) is 1.60. The Morgan fingerprint density at radius 1 is 0.944 bits per heavy atom. The number of ether oxygens (including phenoxy) is 2. The van der Waals surface area contributed by atoms with Crippen molar-refractivity contribution in [2.45, 2.75) is 0 Å². The molecular formula is C13H11Cl2NO2. The standard InChI is InChI=1S/C13H11Cl2NO2/c1-17-8-2-4-9(5-3-8)18-13-7-11(15)10(14)6-12(13)16/h2-7H,16H2,1H3. The average molecular weight is 284 g/mol. The van der Waals surface area contributed by atoms with Crippen molar-refractivity contribution in [2.75, 3.05) is 12.8 Å². The molecule has 0 unspecified atom stereocenters. The maximum atomic E-state index is 5.91. The number of halogens is 2. The van der Waals surface area contributed by atoms with Gasteiger partial charge in [-0.25, -0.2) is 0 Å². The van der Waals surface area contributed by atoms with E-state index in [-0.39, 0.29) is 0 Å². The van der Waals surface area contributed by atoms with Crippen molar-refractivity contribution < 1.29 is 9.47 Å². The number of nitrogens with two attached hydrogens (primary N) is 1. The molecule has 2 rings (SSSR count). The largest absolute Gasteiger partial charge is 0.497 e. The molecule has 0 amide bonds. The Morgan fingerprint density at radius 3 is 2.11 bits per heavy atom. The Labute approximate surface area is 115 Å². The molecule has 0 aliphatic rings. The molecule has 2 N–H and O–H groups in total. The fourth-order valence-corrected chi connectivity index (χ4v) is 1.73. The highest BCUT2D eigenvalue weighted by molar-refractivity contribution is 6.42. The van der Waals surface area contributed by atoms with Gasteiger partial charge in [-0.2, -0.15) is 0 Å². The van der Waals surface area contributed by atoms with Gasteiger partial charge in [0.05, 0.1) is 22.8 Å². The lowest BCUT2D eigenvalue weighted by atomic mass is 10.3. The maximum Gasteiger partial charge on any atom is 0.151 e. The predicted octanol–water partition coefficient (Wildman–Crippen LogP) is 4.38. The summed E-state index contributed by atoms with van der Waals surface area (Å²) in [5.74, 6) is 1.86. The summed E-state index contributed by atoms with van der Waals surface area (Å²) in [5.41, 5.74) is 6.23. The van der Waals surface area contributed by atoms with E-state index in [2.05, 4.69) is 0 Å². The highest BCUT2D eigenvalue weighted by atomic mass is 35.5. The molecule has 5 heteroatoms. The van der Waals surface area contributed by atoms with Crippen molar-refractivity contribution in [2.24, 2.45) is 0 Å². The van der Waals surface area contributed by atoms with Crippen LogP contribution in [0.5, 0.6) is 17.2 Å². The zero-order valence-corrected chi connectivity index (χ0v) is 11.1. The first-order valence-corrected chi connectivity index (χ1v) is 5.92. The number of rotatable bonds is 3. The van der Waals surface area contributed by atoms with Crippen LogP contribution in [0.25, 0.3) is 0 Å². The van der Waals surface area contributed by atoms with Crippen molar-refractivity contribution in [3.63, 3.8) is 0 Å². The van der Waals surface area contributed by atoms with Crippen LogP contribution in [0, 0.1) is 0 Å². The number of hydrogen-bond donors (Lipinski definition) is 1. The number of nitrogen functional groups attached to an aromatic ring is 1. The van der Waals surface area contributed by atoms with Gasteiger partial charge in [-0.05, 0) is 30.3 Å². The van der Waals surface area contributed by atoms with Gasteiger partial charge in [-0.15, -0.1) is 0 Å². The molecule has 2 aromatic carbocycles. The molecule has 0 aliphatic heterocycles. The second-order valence-corrected chi connectivity index (χ2v) is 4.40. The third kappa shape index (κ3) is 2.81. The first-order chi connectivity index (χ1) is 8.60. The zero-order chi connectivity index (χ0) is 13.1. The number of benzene rings is 2. The van der Waals surface area contributed by atoms with Gasteiger partial charge in [0.1, 0.15) is 11.5 Å². The molecule has 0 aliphatic carbocycles. The van der Waals surface area contributed by atoms with Crippen molar-refractivity contribution >= 4 is 28.9 Å². The highest BCUT2D eigenvalue weighted by Crippen LogP contribution is 2.35. The van der Waals surface area contributed by atoms with Gasteiger partial charge in [0, 0.05) is 6.07 Å². The van der Waals surface area contributed by atoms with Crippen LogP contribution < -0.4 is 15.2 Å². The van der Waals surface area contributed by atoms with E-state index in [1.54, 1.807) is 43.5 Å². The Kier molecular flexibility index (Phi) is 3.84. The lowest BCUT2D eigenvalue weighted by molar-refractivity contribution is 0.413. The third-order valence-electron chi connectivity index (χ3n) is 2.34. The van der Waals surface area contributed by atoms with E-state index >= 15 is 0 Å². The molecule has 0 atom stereocenters. The van der Waals surface area contributed by atoms with Crippen LogP contribution in [0.3, 0.4) is 0 Å². The molecule has 0 heterocycles. The monoisotopic (exact) mass is 283 g/mol. The number of hydrogen-bond acceptors (Lipinski definition) is 3. The van der Waals surface area contributed by atoms with E-state index in [1.807, 2.05) is 0 Å². The first kappa shape index (κ1) is 12.9. The van der Waals surface area contributed by atoms with Crippen LogP contribution in [-0.2, 0) is 0 Å². The molecule has 0 saturated carbocycles. The van der Waals surface area contributed by atoms with Crippen molar-refractivity contribution in [1.29, 1.82) is 0 Å². The van der Waals surface area contributed by atoms with E-state index < -0.39 is 0 Å². The van der Waals surface area contributed by atoms with E-state index in [9.17, 15) is 0 Å². The Bertz CT molecular complexity index is 556. The molecule has 0 bridgehead atoms. The first-order valence-electron chi connectivity index (χ1n) is 5.16. The summed E-state index contributed by atoms with van der Waals surface area (Å²) in [6.07, 6.45) is 0. The normalized spacial score (nSPS) is 10.2. The lowest BCUT2D eigenvalue weighted by Gasteiger charge is -2.10. The molecule has 0 fully saturated rings. The van der Waals surface area contributed by atoms with Gasteiger partial charge in [-0.1, -0.05) is 23.2 Å². The minimum Gasteiger partial charge on any atom is -0.497 e. The van der Waals surface area contributed by atoms with Gasteiger partial charge >= 0.3 is 0 Å². The number of methoxy groups -OCH3 is 1. The SMILES string of the molecule is COc1ccc(Oc2cc(Cl)c(Cl)cc2N)cc1. The summed E-state index contributed by atoms with van der Waals surface area (Å²) < 4.78 is 10.7. The van der Waals surface area contributed by atoms with Gasteiger partial charge in [0.25, 0.3) is 0 Å². The second-order valence-electron chi connectivity index (χ2n) is 3.58. The minimum atomic E-state index is 0.398. The van der Waals surface area contributed by atoms with Gasteiger partial charge in [0.2, 0.25) is 0 Å². The van der Waals surface area contributed by atoms with Crippen LogP contribution in [0.4, 0.5) is 5.69 Å². The highest BCUT2D eigenvalue weighted by Gasteiger charge is 2.07. The Balaban J connectivity index is 2.25. The van der Waals surface area contributed by atoms with Crippen LogP contribution in [0.2, 0.25) is 10.0 Å². The van der Waals surface area contributed by atoms with Crippen LogP contribution in [0.15, 0.2) is 36.4 Å². The molecule has 0 saturated heterocycles. The average Bonchev–Trinajstić information content (AvgIpc) is 2.37. The summed E-state index contributed by atoms with van der Waals surface area (Å²) in [6, 6.07) is 10.3.